The summed E-state index contributed by atoms with van der Waals surface area (Å²) < 4.78 is 0. The molecule has 0 aromatic carbocycles. The van der Waals surface area contributed by atoms with Crippen molar-refractivity contribution < 1.29 is 4.79 Å². The van der Waals surface area contributed by atoms with E-state index in [2.05, 4.69) is 31.0 Å². The van der Waals surface area contributed by atoms with Crippen LogP contribution in [0.15, 0.2) is 0 Å². The van der Waals surface area contributed by atoms with Crippen molar-refractivity contribution in [3.63, 3.8) is 0 Å². The van der Waals surface area contributed by atoms with Crippen LogP contribution in [-0.4, -0.2) is 61.5 Å². The Hall–Kier alpha value is -0.610. The van der Waals surface area contributed by atoms with Crippen molar-refractivity contribution in [1.82, 2.24) is 15.1 Å². The third-order valence-electron chi connectivity index (χ3n) is 3.13. The van der Waals surface area contributed by atoms with Crippen LogP contribution in [0.25, 0.3) is 0 Å². The smallest absolute Gasteiger partial charge is 0.237 e. The summed E-state index contributed by atoms with van der Waals surface area (Å²) in [6.07, 6.45) is 1.08. The molecule has 0 aliphatic carbocycles. The number of amides is 1. The van der Waals surface area contributed by atoms with Crippen molar-refractivity contribution in [2.75, 3.05) is 33.7 Å². The van der Waals surface area contributed by atoms with Gasteiger partial charge < -0.3 is 15.1 Å². The molecule has 1 saturated heterocycles. The second kappa shape index (κ2) is 6.36. The van der Waals surface area contributed by atoms with Crippen molar-refractivity contribution in [2.45, 2.75) is 39.3 Å². The summed E-state index contributed by atoms with van der Waals surface area (Å²) in [5.74, 6) is 0.888. The third kappa shape index (κ3) is 4.64. The number of rotatable bonds is 4. The monoisotopic (exact) mass is 241 g/mol. The van der Waals surface area contributed by atoms with E-state index in [4.69, 9.17) is 0 Å². The molecule has 1 aliphatic heterocycles. The SMILES string of the molecule is CC(C)CC1CNC(C)CN1C(=O)CN(C)C. The molecular formula is C13H27N3O. The minimum atomic E-state index is 0.258. The van der Waals surface area contributed by atoms with E-state index in [1.807, 2.05) is 19.0 Å². The number of likely N-dealkylation sites (N-methyl/N-ethyl adjacent to an activating group) is 1. The van der Waals surface area contributed by atoms with E-state index < -0.39 is 0 Å². The molecule has 1 aliphatic rings. The van der Waals surface area contributed by atoms with Gasteiger partial charge in [-0.25, -0.2) is 0 Å². The summed E-state index contributed by atoms with van der Waals surface area (Å²) >= 11 is 0. The van der Waals surface area contributed by atoms with Crippen molar-refractivity contribution in [3.8, 4) is 0 Å². The fraction of sp³-hybridized carbons (Fsp3) is 0.923. The van der Waals surface area contributed by atoms with E-state index in [0.29, 0.717) is 24.5 Å². The van der Waals surface area contributed by atoms with Gasteiger partial charge in [0.15, 0.2) is 0 Å². The van der Waals surface area contributed by atoms with Crippen LogP contribution in [0, 0.1) is 5.92 Å². The highest BCUT2D eigenvalue weighted by molar-refractivity contribution is 5.78. The summed E-state index contributed by atoms with van der Waals surface area (Å²) in [5.41, 5.74) is 0. The Bertz CT molecular complexity index is 253. The maximum absolute atomic E-state index is 12.2. The van der Waals surface area contributed by atoms with Gasteiger partial charge in [0.25, 0.3) is 0 Å². The standard InChI is InChI=1S/C13H27N3O/c1-10(2)6-12-7-14-11(3)8-16(12)13(17)9-15(4)5/h10-12,14H,6-9H2,1-5H3. The second-order valence-corrected chi connectivity index (χ2v) is 5.88. The largest absolute Gasteiger partial charge is 0.336 e. The Kier molecular flexibility index (Phi) is 5.40. The first-order valence-electron chi connectivity index (χ1n) is 6.57. The lowest BCUT2D eigenvalue weighted by Gasteiger charge is -2.40. The molecule has 4 heteroatoms. The molecule has 17 heavy (non-hydrogen) atoms. The normalized spacial score (nSPS) is 25.7. The molecule has 0 saturated carbocycles. The Morgan fingerprint density at radius 1 is 1.47 bits per heavy atom. The molecule has 1 rings (SSSR count). The predicted octanol–water partition coefficient (Wildman–Crippen LogP) is 0.783. The lowest BCUT2D eigenvalue weighted by molar-refractivity contribution is -0.136. The molecule has 2 unspecified atom stereocenters. The maximum atomic E-state index is 12.2. The minimum absolute atomic E-state index is 0.258. The first-order valence-corrected chi connectivity index (χ1v) is 6.57. The van der Waals surface area contributed by atoms with Gasteiger partial charge in [-0.2, -0.15) is 0 Å². The number of piperazine rings is 1. The van der Waals surface area contributed by atoms with Crippen LogP contribution in [0.2, 0.25) is 0 Å². The van der Waals surface area contributed by atoms with E-state index in [-0.39, 0.29) is 5.91 Å². The molecule has 100 valence electrons. The van der Waals surface area contributed by atoms with Crippen LogP contribution in [0.4, 0.5) is 0 Å². The van der Waals surface area contributed by atoms with Crippen molar-refractivity contribution in [3.05, 3.63) is 0 Å². The fourth-order valence-corrected chi connectivity index (χ4v) is 2.38. The molecule has 1 heterocycles. The van der Waals surface area contributed by atoms with Crippen molar-refractivity contribution >= 4 is 5.91 Å². The highest BCUT2D eigenvalue weighted by atomic mass is 16.2. The summed E-state index contributed by atoms with van der Waals surface area (Å²) in [5, 5.41) is 3.47. The summed E-state index contributed by atoms with van der Waals surface area (Å²) in [7, 11) is 3.89. The average Bonchev–Trinajstić information content (AvgIpc) is 2.19. The number of hydrogen-bond donors (Lipinski definition) is 1. The van der Waals surface area contributed by atoms with Gasteiger partial charge in [0.1, 0.15) is 0 Å². The number of nitrogens with one attached hydrogen (secondary N) is 1. The van der Waals surface area contributed by atoms with E-state index in [9.17, 15) is 4.79 Å². The lowest BCUT2D eigenvalue weighted by Crippen LogP contribution is -2.59. The van der Waals surface area contributed by atoms with Gasteiger partial charge in [-0.15, -0.1) is 0 Å². The number of carbonyl (C=O) groups is 1. The lowest BCUT2D eigenvalue weighted by atomic mass is 9.99. The summed E-state index contributed by atoms with van der Waals surface area (Å²) in [6.45, 7) is 8.85. The van der Waals surface area contributed by atoms with E-state index in [0.717, 1.165) is 19.5 Å². The van der Waals surface area contributed by atoms with Gasteiger partial charge in [0, 0.05) is 25.2 Å². The first-order chi connectivity index (χ1) is 7.90. The van der Waals surface area contributed by atoms with Gasteiger partial charge in [-0.05, 0) is 33.4 Å². The number of hydrogen-bond acceptors (Lipinski definition) is 3. The zero-order valence-electron chi connectivity index (χ0n) is 11.9. The van der Waals surface area contributed by atoms with Crippen LogP contribution >= 0.6 is 0 Å². The molecule has 0 bridgehead atoms. The molecule has 0 spiro atoms. The Labute approximate surface area is 105 Å². The molecular weight excluding hydrogens is 214 g/mol. The van der Waals surface area contributed by atoms with Crippen LogP contribution in [0.3, 0.4) is 0 Å². The van der Waals surface area contributed by atoms with Crippen LogP contribution < -0.4 is 5.32 Å². The highest BCUT2D eigenvalue weighted by Gasteiger charge is 2.29. The van der Waals surface area contributed by atoms with E-state index >= 15 is 0 Å². The highest BCUT2D eigenvalue weighted by Crippen LogP contribution is 2.15. The number of nitrogens with zero attached hydrogens (tertiary/aromatic N) is 2. The first kappa shape index (κ1) is 14.5. The molecule has 0 aromatic heterocycles. The fourth-order valence-electron chi connectivity index (χ4n) is 2.38. The Morgan fingerprint density at radius 2 is 2.12 bits per heavy atom. The molecule has 4 nitrogen and oxygen atoms in total. The Morgan fingerprint density at radius 3 is 2.65 bits per heavy atom. The summed E-state index contributed by atoms with van der Waals surface area (Å²) in [6, 6.07) is 0.767. The van der Waals surface area contributed by atoms with Crippen LogP contribution in [-0.2, 0) is 4.79 Å². The van der Waals surface area contributed by atoms with E-state index in [1.54, 1.807) is 0 Å². The Balaban J connectivity index is 2.63. The van der Waals surface area contributed by atoms with Crippen LogP contribution in [0.5, 0.6) is 0 Å². The molecule has 0 aromatic rings. The van der Waals surface area contributed by atoms with Gasteiger partial charge in [-0.1, -0.05) is 13.8 Å². The van der Waals surface area contributed by atoms with Gasteiger partial charge in [0.05, 0.1) is 6.54 Å². The molecule has 0 radical (unpaired) electrons. The topological polar surface area (TPSA) is 35.6 Å². The minimum Gasteiger partial charge on any atom is -0.336 e. The maximum Gasteiger partial charge on any atom is 0.237 e. The quantitative estimate of drug-likeness (QED) is 0.790. The zero-order valence-corrected chi connectivity index (χ0v) is 11.9. The molecule has 1 N–H and O–H groups in total. The van der Waals surface area contributed by atoms with E-state index in [1.165, 1.54) is 0 Å². The van der Waals surface area contributed by atoms with Gasteiger partial charge in [0.2, 0.25) is 5.91 Å². The van der Waals surface area contributed by atoms with Crippen molar-refractivity contribution in [2.24, 2.45) is 5.92 Å². The van der Waals surface area contributed by atoms with Crippen molar-refractivity contribution in [1.29, 1.82) is 0 Å². The average molecular weight is 241 g/mol. The molecule has 2 atom stereocenters. The molecule has 1 amide bonds. The zero-order chi connectivity index (χ0) is 13.0. The van der Waals surface area contributed by atoms with Gasteiger partial charge >= 0.3 is 0 Å². The number of carbonyl (C=O) groups excluding carboxylic acids is 1. The van der Waals surface area contributed by atoms with Gasteiger partial charge in [-0.3, -0.25) is 4.79 Å². The summed E-state index contributed by atoms with van der Waals surface area (Å²) in [4.78, 5) is 16.2. The second-order valence-electron chi connectivity index (χ2n) is 5.88. The predicted molar refractivity (Wildman–Crippen MR) is 71.0 cm³/mol. The molecule has 1 fully saturated rings. The third-order valence-corrected chi connectivity index (χ3v) is 3.13. The van der Waals surface area contributed by atoms with Crippen LogP contribution in [0.1, 0.15) is 27.2 Å².